The second-order valence-corrected chi connectivity index (χ2v) is 7.42. The molecule has 4 rings (SSSR count). The molecule has 2 saturated carbocycles. The van der Waals surface area contributed by atoms with Crippen LogP contribution in [0.4, 0.5) is 0 Å². The fraction of sp³-hybridized carbons (Fsp3) is 0.667. The zero-order valence-electron chi connectivity index (χ0n) is 12.6. The van der Waals surface area contributed by atoms with Crippen molar-refractivity contribution >= 4 is 0 Å². The van der Waals surface area contributed by atoms with Gasteiger partial charge in [-0.2, -0.15) is 0 Å². The number of ether oxygens (including phenoxy) is 1. The zero-order valence-corrected chi connectivity index (χ0v) is 12.6. The van der Waals surface area contributed by atoms with Crippen molar-refractivity contribution in [1.29, 1.82) is 0 Å². The lowest BCUT2D eigenvalue weighted by molar-refractivity contribution is 0.0932. The average molecular weight is 271 g/mol. The van der Waals surface area contributed by atoms with Gasteiger partial charge in [0.1, 0.15) is 11.4 Å². The van der Waals surface area contributed by atoms with Gasteiger partial charge in [-0.1, -0.05) is 18.2 Å². The summed E-state index contributed by atoms with van der Waals surface area (Å²) < 4.78 is 6.13. The number of fused-ring (bicyclic) bond motifs is 1. The molecule has 20 heavy (non-hydrogen) atoms. The molecule has 1 heterocycles. The molecular weight excluding hydrogens is 246 g/mol. The van der Waals surface area contributed by atoms with Crippen LogP contribution in [0, 0.1) is 17.8 Å². The van der Waals surface area contributed by atoms with Gasteiger partial charge < -0.3 is 10.1 Å². The van der Waals surface area contributed by atoms with Crippen molar-refractivity contribution in [3.8, 4) is 5.75 Å². The first-order valence-corrected chi connectivity index (χ1v) is 8.16. The van der Waals surface area contributed by atoms with E-state index in [1.54, 1.807) is 0 Å². The van der Waals surface area contributed by atoms with E-state index in [-0.39, 0.29) is 5.60 Å². The molecule has 108 valence electrons. The van der Waals surface area contributed by atoms with Crippen molar-refractivity contribution in [1.82, 2.24) is 5.32 Å². The summed E-state index contributed by atoms with van der Waals surface area (Å²) in [6, 6.07) is 8.83. The highest BCUT2D eigenvalue weighted by Gasteiger charge is 2.44. The monoisotopic (exact) mass is 271 g/mol. The fourth-order valence-electron chi connectivity index (χ4n) is 3.91. The molecule has 1 aromatic carbocycles. The van der Waals surface area contributed by atoms with E-state index in [0.29, 0.717) is 6.04 Å². The Labute approximate surface area is 121 Å². The van der Waals surface area contributed by atoms with Crippen molar-refractivity contribution in [2.75, 3.05) is 6.54 Å². The smallest absolute Gasteiger partial charge is 0.125 e. The van der Waals surface area contributed by atoms with Gasteiger partial charge in [-0.3, -0.25) is 0 Å². The number of hydrogen-bond acceptors (Lipinski definition) is 2. The highest BCUT2D eigenvalue weighted by Crippen LogP contribution is 2.50. The minimum Gasteiger partial charge on any atom is -0.486 e. The van der Waals surface area contributed by atoms with Crippen LogP contribution in [-0.2, 0) is 0 Å². The second kappa shape index (κ2) is 4.49. The Balaban J connectivity index is 1.49. The Morgan fingerprint density at radius 3 is 2.45 bits per heavy atom. The van der Waals surface area contributed by atoms with Gasteiger partial charge >= 0.3 is 0 Å². The molecule has 0 spiro atoms. The molecule has 2 nitrogen and oxygen atoms in total. The third-order valence-electron chi connectivity index (χ3n) is 5.31. The van der Waals surface area contributed by atoms with E-state index in [1.807, 2.05) is 0 Å². The molecule has 2 fully saturated rings. The number of rotatable bonds is 5. The van der Waals surface area contributed by atoms with Crippen LogP contribution < -0.4 is 10.1 Å². The first kappa shape index (κ1) is 12.7. The summed E-state index contributed by atoms with van der Waals surface area (Å²) >= 11 is 0. The van der Waals surface area contributed by atoms with E-state index in [2.05, 4.69) is 43.4 Å². The number of para-hydroxylation sites is 1. The minimum absolute atomic E-state index is 0.138. The number of benzene rings is 1. The first-order valence-electron chi connectivity index (χ1n) is 8.16. The van der Waals surface area contributed by atoms with Crippen LogP contribution >= 0.6 is 0 Å². The minimum atomic E-state index is -0.138. The van der Waals surface area contributed by atoms with Gasteiger partial charge in [0, 0.05) is 5.56 Å². The Morgan fingerprint density at radius 2 is 1.80 bits per heavy atom. The highest BCUT2D eigenvalue weighted by molar-refractivity contribution is 5.42. The Kier molecular flexibility index (Phi) is 2.85. The van der Waals surface area contributed by atoms with Crippen LogP contribution in [0.2, 0.25) is 0 Å². The normalized spacial score (nSPS) is 27.4. The van der Waals surface area contributed by atoms with E-state index in [1.165, 1.54) is 37.8 Å². The van der Waals surface area contributed by atoms with Gasteiger partial charge in [-0.15, -0.1) is 0 Å². The molecule has 0 saturated heterocycles. The van der Waals surface area contributed by atoms with Crippen LogP contribution in [0.15, 0.2) is 24.3 Å². The molecule has 1 aromatic rings. The van der Waals surface area contributed by atoms with Gasteiger partial charge in [-0.25, -0.2) is 0 Å². The number of nitrogens with one attached hydrogen (secondary N) is 1. The molecule has 0 amide bonds. The van der Waals surface area contributed by atoms with Gasteiger partial charge in [-0.05, 0) is 69.9 Å². The van der Waals surface area contributed by atoms with Crippen molar-refractivity contribution in [2.45, 2.75) is 51.2 Å². The van der Waals surface area contributed by atoms with E-state index in [9.17, 15) is 0 Å². The SMILES string of the molecule is CC1(C)Oc2ccccc2C1NCC(C1CC1)C1CC1. The van der Waals surface area contributed by atoms with Crippen molar-refractivity contribution in [3.05, 3.63) is 29.8 Å². The molecule has 3 aliphatic rings. The van der Waals surface area contributed by atoms with Crippen LogP contribution in [0.1, 0.15) is 51.1 Å². The van der Waals surface area contributed by atoms with Crippen LogP contribution in [0.3, 0.4) is 0 Å². The maximum atomic E-state index is 6.13. The van der Waals surface area contributed by atoms with E-state index >= 15 is 0 Å². The van der Waals surface area contributed by atoms with E-state index in [0.717, 1.165) is 23.5 Å². The van der Waals surface area contributed by atoms with Gasteiger partial charge in [0.15, 0.2) is 0 Å². The molecule has 0 radical (unpaired) electrons. The summed E-state index contributed by atoms with van der Waals surface area (Å²) in [4.78, 5) is 0. The summed E-state index contributed by atoms with van der Waals surface area (Å²) in [5.41, 5.74) is 1.20. The molecule has 1 aliphatic heterocycles. The van der Waals surface area contributed by atoms with Gasteiger partial charge in [0.25, 0.3) is 0 Å². The van der Waals surface area contributed by atoms with Crippen LogP contribution in [0.5, 0.6) is 5.75 Å². The molecule has 2 heteroatoms. The average Bonchev–Trinajstić information content (AvgIpc) is 3.28. The molecular formula is C18H25NO. The van der Waals surface area contributed by atoms with E-state index in [4.69, 9.17) is 4.74 Å². The van der Waals surface area contributed by atoms with E-state index < -0.39 is 0 Å². The quantitative estimate of drug-likeness (QED) is 0.876. The molecule has 1 atom stereocenters. The summed E-state index contributed by atoms with van der Waals surface area (Å²) in [6.07, 6.45) is 5.85. The topological polar surface area (TPSA) is 21.3 Å². The molecule has 1 unspecified atom stereocenters. The summed E-state index contributed by atoms with van der Waals surface area (Å²) in [5, 5.41) is 3.85. The standard InChI is InChI=1S/C18H25NO/c1-18(2)17(14-5-3-4-6-16(14)20-18)19-11-15(12-7-8-12)13-9-10-13/h3-6,12-13,15,17,19H,7-11H2,1-2H3. The zero-order chi connectivity index (χ0) is 13.7. The van der Waals surface area contributed by atoms with Crippen molar-refractivity contribution in [3.63, 3.8) is 0 Å². The molecule has 0 bridgehead atoms. The summed E-state index contributed by atoms with van der Waals surface area (Å²) in [7, 11) is 0. The summed E-state index contributed by atoms with van der Waals surface area (Å²) in [5.74, 6) is 3.99. The maximum Gasteiger partial charge on any atom is 0.125 e. The lowest BCUT2D eigenvalue weighted by Crippen LogP contribution is -2.41. The summed E-state index contributed by atoms with van der Waals surface area (Å²) in [6.45, 7) is 5.57. The van der Waals surface area contributed by atoms with Crippen molar-refractivity contribution < 1.29 is 4.74 Å². The largest absolute Gasteiger partial charge is 0.486 e. The van der Waals surface area contributed by atoms with Crippen LogP contribution in [-0.4, -0.2) is 12.1 Å². The second-order valence-electron chi connectivity index (χ2n) is 7.42. The van der Waals surface area contributed by atoms with Crippen molar-refractivity contribution in [2.24, 2.45) is 17.8 Å². The van der Waals surface area contributed by atoms with Crippen LogP contribution in [0.25, 0.3) is 0 Å². The Morgan fingerprint density at radius 1 is 1.15 bits per heavy atom. The van der Waals surface area contributed by atoms with Gasteiger partial charge in [0.2, 0.25) is 0 Å². The predicted octanol–water partition coefficient (Wildman–Crippen LogP) is 3.92. The predicted molar refractivity (Wildman–Crippen MR) is 80.8 cm³/mol. The third-order valence-corrected chi connectivity index (χ3v) is 5.31. The highest BCUT2D eigenvalue weighted by atomic mass is 16.5. The molecule has 0 aromatic heterocycles. The number of hydrogen-bond donors (Lipinski definition) is 1. The Hall–Kier alpha value is -1.02. The lowest BCUT2D eigenvalue weighted by Gasteiger charge is -2.29. The fourth-order valence-corrected chi connectivity index (χ4v) is 3.91. The third kappa shape index (κ3) is 2.24. The Bertz CT molecular complexity index is 490. The molecule has 1 N–H and O–H groups in total. The lowest BCUT2D eigenvalue weighted by atomic mass is 9.92. The molecule has 2 aliphatic carbocycles. The maximum absolute atomic E-state index is 6.13. The van der Waals surface area contributed by atoms with Gasteiger partial charge in [0.05, 0.1) is 6.04 Å². The first-order chi connectivity index (χ1) is 9.65.